The third kappa shape index (κ3) is 3.26. The molecule has 1 amide bonds. The Morgan fingerprint density at radius 1 is 1.32 bits per heavy atom. The Labute approximate surface area is 132 Å². The monoisotopic (exact) mass is 312 g/mol. The number of carbonyl (C=O) groups excluding carboxylic acids is 1. The van der Waals surface area contributed by atoms with E-state index in [2.05, 4.69) is 10.3 Å². The minimum Gasteiger partial charge on any atom is -0.462 e. The van der Waals surface area contributed by atoms with Gasteiger partial charge in [0, 0.05) is 11.1 Å². The lowest BCUT2D eigenvalue weighted by molar-refractivity contribution is -0.115. The minimum absolute atomic E-state index is 0.0648. The Morgan fingerprint density at radius 2 is 2.18 bits per heavy atom. The standard InChI is InChI=1S/C17H16N2O2S/c1-11-5-6-12(2)14(8-11)19-16(20)9-13-10-22-17(18-13)15-4-3-7-21-15/h3-8,10H,9H2,1-2H3,(H,19,20). The molecular formula is C17H16N2O2S. The zero-order valence-corrected chi connectivity index (χ0v) is 13.2. The molecule has 0 atom stereocenters. The van der Waals surface area contributed by atoms with Crippen molar-refractivity contribution in [1.29, 1.82) is 0 Å². The van der Waals surface area contributed by atoms with E-state index >= 15 is 0 Å². The Morgan fingerprint density at radius 3 is 2.95 bits per heavy atom. The average Bonchev–Trinajstić information content (AvgIpc) is 3.13. The number of aromatic nitrogens is 1. The Bertz CT molecular complexity index is 791. The van der Waals surface area contributed by atoms with Crippen LogP contribution in [0.1, 0.15) is 16.8 Å². The van der Waals surface area contributed by atoms with Crippen molar-refractivity contribution in [2.75, 3.05) is 5.32 Å². The summed E-state index contributed by atoms with van der Waals surface area (Å²) in [5, 5.41) is 5.63. The first-order chi connectivity index (χ1) is 10.6. The van der Waals surface area contributed by atoms with Gasteiger partial charge in [0.2, 0.25) is 5.91 Å². The summed E-state index contributed by atoms with van der Waals surface area (Å²) >= 11 is 1.48. The molecule has 3 aromatic rings. The third-order valence-corrected chi connectivity index (χ3v) is 4.20. The van der Waals surface area contributed by atoms with Gasteiger partial charge in [-0.3, -0.25) is 4.79 Å². The molecule has 5 heteroatoms. The van der Waals surface area contributed by atoms with Gasteiger partial charge in [0.05, 0.1) is 18.4 Å². The zero-order valence-electron chi connectivity index (χ0n) is 12.4. The number of nitrogens with zero attached hydrogens (tertiary/aromatic N) is 1. The van der Waals surface area contributed by atoms with Gasteiger partial charge in [0.1, 0.15) is 0 Å². The number of furan rings is 1. The minimum atomic E-state index is -0.0648. The molecule has 2 heterocycles. The molecular weight excluding hydrogens is 296 g/mol. The summed E-state index contributed by atoms with van der Waals surface area (Å²) < 4.78 is 5.31. The number of hydrogen-bond donors (Lipinski definition) is 1. The van der Waals surface area contributed by atoms with Crippen LogP contribution in [0.3, 0.4) is 0 Å². The van der Waals surface area contributed by atoms with Crippen molar-refractivity contribution in [3.05, 3.63) is 58.8 Å². The fourth-order valence-electron chi connectivity index (χ4n) is 2.13. The molecule has 22 heavy (non-hydrogen) atoms. The molecule has 0 fully saturated rings. The summed E-state index contributed by atoms with van der Waals surface area (Å²) in [4.78, 5) is 16.6. The lowest BCUT2D eigenvalue weighted by Gasteiger charge is -2.08. The SMILES string of the molecule is Cc1ccc(C)c(NC(=O)Cc2csc(-c3ccco3)n2)c1. The predicted molar refractivity (Wildman–Crippen MR) is 88.1 cm³/mol. The van der Waals surface area contributed by atoms with E-state index in [1.807, 2.05) is 49.6 Å². The highest BCUT2D eigenvalue weighted by Gasteiger charge is 2.11. The van der Waals surface area contributed by atoms with Gasteiger partial charge >= 0.3 is 0 Å². The first-order valence-corrected chi connectivity index (χ1v) is 7.85. The number of nitrogens with one attached hydrogen (secondary N) is 1. The van der Waals surface area contributed by atoms with E-state index in [0.29, 0.717) is 0 Å². The summed E-state index contributed by atoms with van der Waals surface area (Å²) in [7, 11) is 0. The molecule has 0 saturated heterocycles. The highest BCUT2D eigenvalue weighted by molar-refractivity contribution is 7.13. The molecule has 0 unspecified atom stereocenters. The van der Waals surface area contributed by atoms with Crippen LogP contribution in [0, 0.1) is 13.8 Å². The largest absolute Gasteiger partial charge is 0.462 e. The number of carbonyl (C=O) groups is 1. The fourth-order valence-corrected chi connectivity index (χ4v) is 2.92. The van der Waals surface area contributed by atoms with Crippen LogP contribution in [0.5, 0.6) is 0 Å². The normalized spacial score (nSPS) is 10.6. The van der Waals surface area contributed by atoms with E-state index in [9.17, 15) is 4.79 Å². The molecule has 0 spiro atoms. The first kappa shape index (κ1) is 14.5. The predicted octanol–water partition coefficient (Wildman–Crippen LogP) is 4.20. The maximum atomic E-state index is 12.2. The molecule has 4 nitrogen and oxygen atoms in total. The summed E-state index contributed by atoms with van der Waals surface area (Å²) in [6, 6.07) is 9.69. The van der Waals surface area contributed by atoms with Crippen LogP contribution in [-0.2, 0) is 11.2 Å². The molecule has 1 N–H and O–H groups in total. The van der Waals surface area contributed by atoms with Gasteiger partial charge in [-0.15, -0.1) is 11.3 Å². The van der Waals surface area contributed by atoms with Crippen molar-refractivity contribution in [2.45, 2.75) is 20.3 Å². The van der Waals surface area contributed by atoms with Gasteiger partial charge in [-0.1, -0.05) is 12.1 Å². The maximum Gasteiger partial charge on any atom is 0.230 e. The van der Waals surface area contributed by atoms with Crippen molar-refractivity contribution < 1.29 is 9.21 Å². The molecule has 0 aliphatic heterocycles. The molecule has 0 saturated carbocycles. The molecule has 2 aromatic heterocycles. The lowest BCUT2D eigenvalue weighted by Crippen LogP contribution is -2.15. The van der Waals surface area contributed by atoms with Gasteiger partial charge in [0.25, 0.3) is 0 Å². The van der Waals surface area contributed by atoms with Gasteiger partial charge in [-0.2, -0.15) is 0 Å². The third-order valence-electron chi connectivity index (χ3n) is 3.29. The fraction of sp³-hybridized carbons (Fsp3) is 0.176. The van der Waals surface area contributed by atoms with E-state index in [-0.39, 0.29) is 12.3 Å². The van der Waals surface area contributed by atoms with Crippen molar-refractivity contribution in [1.82, 2.24) is 4.98 Å². The van der Waals surface area contributed by atoms with Gasteiger partial charge in [-0.05, 0) is 43.2 Å². The Balaban J connectivity index is 1.68. The summed E-state index contributed by atoms with van der Waals surface area (Å²) in [5.41, 5.74) is 3.77. The van der Waals surface area contributed by atoms with Gasteiger partial charge < -0.3 is 9.73 Å². The summed E-state index contributed by atoms with van der Waals surface area (Å²) in [6.45, 7) is 3.98. The second kappa shape index (κ2) is 6.15. The lowest BCUT2D eigenvalue weighted by atomic mass is 10.1. The van der Waals surface area contributed by atoms with Crippen molar-refractivity contribution in [3.8, 4) is 10.8 Å². The molecule has 112 valence electrons. The molecule has 0 aliphatic rings. The van der Waals surface area contributed by atoms with Crippen LogP contribution in [0.4, 0.5) is 5.69 Å². The molecule has 1 aromatic carbocycles. The number of amides is 1. The van der Waals surface area contributed by atoms with Crippen LogP contribution < -0.4 is 5.32 Å². The van der Waals surface area contributed by atoms with Crippen LogP contribution in [0.15, 0.2) is 46.4 Å². The summed E-state index contributed by atoms with van der Waals surface area (Å²) in [6.07, 6.45) is 1.87. The number of thiazole rings is 1. The van der Waals surface area contributed by atoms with Crippen LogP contribution in [0.25, 0.3) is 10.8 Å². The zero-order chi connectivity index (χ0) is 15.5. The number of hydrogen-bond acceptors (Lipinski definition) is 4. The number of benzene rings is 1. The highest BCUT2D eigenvalue weighted by atomic mass is 32.1. The maximum absolute atomic E-state index is 12.2. The molecule has 0 radical (unpaired) electrons. The van der Waals surface area contributed by atoms with E-state index in [0.717, 1.165) is 33.3 Å². The van der Waals surface area contributed by atoms with E-state index in [1.165, 1.54) is 11.3 Å². The van der Waals surface area contributed by atoms with Crippen LogP contribution in [0.2, 0.25) is 0 Å². The summed E-state index contributed by atoms with van der Waals surface area (Å²) in [5.74, 6) is 0.663. The number of aryl methyl sites for hydroxylation is 2. The topological polar surface area (TPSA) is 55.1 Å². The first-order valence-electron chi connectivity index (χ1n) is 6.97. The smallest absolute Gasteiger partial charge is 0.230 e. The van der Waals surface area contributed by atoms with E-state index in [4.69, 9.17) is 4.42 Å². The average molecular weight is 312 g/mol. The van der Waals surface area contributed by atoms with Crippen molar-refractivity contribution >= 4 is 22.9 Å². The second-order valence-corrected chi connectivity index (χ2v) is 6.02. The van der Waals surface area contributed by atoms with Crippen molar-refractivity contribution in [2.24, 2.45) is 0 Å². The van der Waals surface area contributed by atoms with Gasteiger partial charge in [0.15, 0.2) is 10.8 Å². The van der Waals surface area contributed by atoms with Crippen molar-refractivity contribution in [3.63, 3.8) is 0 Å². The molecule has 3 rings (SSSR count). The molecule has 0 bridgehead atoms. The quantitative estimate of drug-likeness (QED) is 0.785. The highest BCUT2D eigenvalue weighted by Crippen LogP contribution is 2.24. The Hall–Kier alpha value is -2.40. The van der Waals surface area contributed by atoms with E-state index in [1.54, 1.807) is 6.26 Å². The van der Waals surface area contributed by atoms with Crippen LogP contribution >= 0.6 is 11.3 Å². The number of anilines is 1. The molecule has 0 aliphatic carbocycles. The van der Waals surface area contributed by atoms with Crippen LogP contribution in [-0.4, -0.2) is 10.9 Å². The van der Waals surface area contributed by atoms with E-state index < -0.39 is 0 Å². The second-order valence-electron chi connectivity index (χ2n) is 5.16. The Kier molecular flexibility index (Phi) is 4.06. The van der Waals surface area contributed by atoms with Gasteiger partial charge in [-0.25, -0.2) is 4.98 Å². The number of rotatable bonds is 4.